The number of halogens is 4. The van der Waals surface area contributed by atoms with Gasteiger partial charge in [-0.3, -0.25) is 4.79 Å². The molecule has 2 aromatic carbocycles. The van der Waals surface area contributed by atoms with Crippen LogP contribution in [0.25, 0.3) is 0 Å². The Hall–Kier alpha value is -1.60. The molecular formula is C17H15Cl3FN3OS. The highest BCUT2D eigenvalue weighted by molar-refractivity contribution is 7.80. The van der Waals surface area contributed by atoms with Crippen molar-refractivity contribution in [1.82, 2.24) is 10.6 Å². The molecule has 1 atom stereocenters. The molecule has 9 heteroatoms. The number of carbonyl (C=O) groups is 1. The predicted octanol–water partition coefficient (Wildman–Crippen LogP) is 4.55. The van der Waals surface area contributed by atoms with E-state index in [9.17, 15) is 9.18 Å². The first-order valence-electron chi connectivity index (χ1n) is 7.42. The second kappa shape index (κ2) is 8.86. The summed E-state index contributed by atoms with van der Waals surface area (Å²) in [6.07, 6.45) is -1.12. The number of aryl methyl sites for hydroxylation is 1. The number of thiocarbonyl (C=S) groups is 1. The predicted molar refractivity (Wildman–Crippen MR) is 108 cm³/mol. The average Bonchev–Trinajstić information content (AvgIpc) is 2.56. The van der Waals surface area contributed by atoms with Crippen LogP contribution in [0.4, 0.5) is 10.1 Å². The van der Waals surface area contributed by atoms with Crippen molar-refractivity contribution in [3.8, 4) is 0 Å². The smallest absolute Gasteiger partial charge is 0.252 e. The maximum Gasteiger partial charge on any atom is 0.252 e. The maximum absolute atomic E-state index is 13.0. The molecule has 0 saturated heterocycles. The second-order valence-electron chi connectivity index (χ2n) is 5.42. The Balaban J connectivity index is 2.04. The molecule has 138 valence electrons. The summed E-state index contributed by atoms with van der Waals surface area (Å²) in [6, 6.07) is 12.5. The molecule has 0 aliphatic rings. The van der Waals surface area contributed by atoms with E-state index in [0.717, 1.165) is 23.4 Å². The molecule has 0 heterocycles. The number of amides is 1. The lowest BCUT2D eigenvalue weighted by Gasteiger charge is -2.27. The molecule has 2 rings (SSSR count). The SMILES string of the molecule is Cc1ccc(NC(=S)NC(NC(=O)c2ccc(F)cc2)C(Cl)(Cl)Cl)cc1. The lowest BCUT2D eigenvalue weighted by molar-refractivity contribution is 0.0934. The van der Waals surface area contributed by atoms with E-state index in [2.05, 4.69) is 16.0 Å². The van der Waals surface area contributed by atoms with Crippen LogP contribution >= 0.6 is 47.0 Å². The first-order valence-corrected chi connectivity index (χ1v) is 8.97. The summed E-state index contributed by atoms with van der Waals surface area (Å²) in [7, 11) is 0. The van der Waals surface area contributed by atoms with Crippen LogP contribution in [0.1, 0.15) is 15.9 Å². The molecule has 3 N–H and O–H groups in total. The van der Waals surface area contributed by atoms with Gasteiger partial charge in [0.15, 0.2) is 5.11 Å². The van der Waals surface area contributed by atoms with E-state index >= 15 is 0 Å². The third kappa shape index (κ3) is 6.29. The first-order chi connectivity index (χ1) is 12.1. The maximum atomic E-state index is 13.0. The van der Waals surface area contributed by atoms with Crippen molar-refractivity contribution in [2.24, 2.45) is 0 Å². The zero-order chi connectivity index (χ0) is 19.3. The van der Waals surface area contributed by atoms with Gasteiger partial charge in [0.2, 0.25) is 3.79 Å². The largest absolute Gasteiger partial charge is 0.339 e. The lowest BCUT2D eigenvalue weighted by Crippen LogP contribution is -2.56. The third-order valence-corrected chi connectivity index (χ3v) is 4.17. The average molecular weight is 435 g/mol. The number of rotatable bonds is 4. The Morgan fingerprint density at radius 3 is 2.15 bits per heavy atom. The van der Waals surface area contributed by atoms with Gasteiger partial charge in [0.1, 0.15) is 12.0 Å². The number of benzene rings is 2. The Morgan fingerprint density at radius 1 is 1.04 bits per heavy atom. The molecule has 0 fully saturated rings. The highest BCUT2D eigenvalue weighted by Gasteiger charge is 2.34. The van der Waals surface area contributed by atoms with Crippen LogP contribution in [0.5, 0.6) is 0 Å². The molecule has 2 aromatic rings. The van der Waals surface area contributed by atoms with Crippen molar-refractivity contribution in [3.63, 3.8) is 0 Å². The molecule has 0 radical (unpaired) electrons. The van der Waals surface area contributed by atoms with Crippen LogP contribution in [0.3, 0.4) is 0 Å². The van der Waals surface area contributed by atoms with Crippen LogP contribution in [0, 0.1) is 12.7 Å². The molecular weight excluding hydrogens is 420 g/mol. The van der Waals surface area contributed by atoms with E-state index in [0.29, 0.717) is 0 Å². The molecule has 26 heavy (non-hydrogen) atoms. The quantitative estimate of drug-likeness (QED) is 0.375. The summed E-state index contributed by atoms with van der Waals surface area (Å²) in [5.74, 6) is -1.01. The third-order valence-electron chi connectivity index (χ3n) is 3.29. The summed E-state index contributed by atoms with van der Waals surface area (Å²) in [6.45, 7) is 1.96. The van der Waals surface area contributed by atoms with Crippen LogP contribution in [0.15, 0.2) is 48.5 Å². The van der Waals surface area contributed by atoms with Crippen molar-refractivity contribution < 1.29 is 9.18 Å². The Labute approximate surface area is 171 Å². The minimum Gasteiger partial charge on any atom is -0.339 e. The fraction of sp³-hybridized carbons (Fsp3) is 0.176. The van der Waals surface area contributed by atoms with E-state index in [1.54, 1.807) is 0 Å². The van der Waals surface area contributed by atoms with E-state index in [4.69, 9.17) is 47.0 Å². The lowest BCUT2D eigenvalue weighted by atomic mass is 10.2. The van der Waals surface area contributed by atoms with Crippen LogP contribution < -0.4 is 16.0 Å². The van der Waals surface area contributed by atoms with Gasteiger partial charge in [-0.1, -0.05) is 52.5 Å². The van der Waals surface area contributed by atoms with Gasteiger partial charge in [0.05, 0.1) is 0 Å². The molecule has 0 aliphatic heterocycles. The molecule has 0 aliphatic carbocycles. The highest BCUT2D eigenvalue weighted by Crippen LogP contribution is 2.29. The van der Waals surface area contributed by atoms with E-state index in [1.807, 2.05) is 31.2 Å². The van der Waals surface area contributed by atoms with Gasteiger partial charge in [-0.2, -0.15) is 0 Å². The molecule has 4 nitrogen and oxygen atoms in total. The summed E-state index contributed by atoms with van der Waals surface area (Å²) in [4.78, 5) is 12.3. The van der Waals surface area contributed by atoms with Crippen molar-refractivity contribution >= 4 is 63.7 Å². The van der Waals surface area contributed by atoms with Gasteiger partial charge in [0, 0.05) is 11.3 Å². The van der Waals surface area contributed by atoms with Gasteiger partial charge < -0.3 is 16.0 Å². The minimum absolute atomic E-state index is 0.157. The van der Waals surface area contributed by atoms with Crippen molar-refractivity contribution in [1.29, 1.82) is 0 Å². The molecule has 1 unspecified atom stereocenters. The van der Waals surface area contributed by atoms with Crippen LogP contribution in [-0.4, -0.2) is 21.0 Å². The number of nitrogens with one attached hydrogen (secondary N) is 3. The zero-order valence-corrected chi connectivity index (χ0v) is 16.6. The summed E-state index contributed by atoms with van der Waals surface area (Å²) in [5, 5.41) is 8.37. The minimum atomic E-state index is -1.88. The number of carbonyl (C=O) groups excluding carboxylic acids is 1. The molecule has 0 saturated carbocycles. The first kappa shape index (κ1) is 20.7. The van der Waals surface area contributed by atoms with Crippen molar-refractivity contribution in [2.45, 2.75) is 16.9 Å². The van der Waals surface area contributed by atoms with Crippen molar-refractivity contribution in [2.75, 3.05) is 5.32 Å². The van der Waals surface area contributed by atoms with Gasteiger partial charge in [-0.25, -0.2) is 4.39 Å². The number of alkyl halides is 3. The summed E-state index contributed by atoms with van der Waals surface area (Å²) < 4.78 is 11.1. The van der Waals surface area contributed by atoms with Gasteiger partial charge in [-0.05, 0) is 55.5 Å². The van der Waals surface area contributed by atoms with Gasteiger partial charge in [-0.15, -0.1) is 0 Å². The normalized spacial score (nSPS) is 12.2. The number of hydrogen-bond donors (Lipinski definition) is 3. The van der Waals surface area contributed by atoms with Crippen LogP contribution in [-0.2, 0) is 0 Å². The van der Waals surface area contributed by atoms with Gasteiger partial charge >= 0.3 is 0 Å². The molecule has 0 bridgehead atoms. The monoisotopic (exact) mass is 433 g/mol. The standard InChI is InChI=1S/C17H15Cl3FN3OS/c1-10-2-8-13(9-3-10)22-16(26)24-15(17(18,19)20)23-14(25)11-4-6-12(21)7-5-11/h2-9,15H,1H3,(H,23,25)(H2,22,24,26). The zero-order valence-electron chi connectivity index (χ0n) is 13.5. The van der Waals surface area contributed by atoms with Gasteiger partial charge in [0.25, 0.3) is 5.91 Å². The van der Waals surface area contributed by atoms with Crippen molar-refractivity contribution in [3.05, 3.63) is 65.5 Å². The Morgan fingerprint density at radius 2 is 1.62 bits per heavy atom. The highest BCUT2D eigenvalue weighted by atomic mass is 35.6. The number of hydrogen-bond acceptors (Lipinski definition) is 2. The number of anilines is 1. The Bertz CT molecular complexity index is 779. The topological polar surface area (TPSA) is 53.2 Å². The summed E-state index contributed by atoms with van der Waals surface area (Å²) in [5.41, 5.74) is 2.05. The molecule has 0 spiro atoms. The van der Waals surface area contributed by atoms with E-state index in [1.165, 1.54) is 12.1 Å². The Kier molecular flexibility index (Phi) is 7.06. The van der Waals surface area contributed by atoms with E-state index < -0.39 is 21.7 Å². The van der Waals surface area contributed by atoms with Crippen LogP contribution in [0.2, 0.25) is 0 Å². The molecule has 1 amide bonds. The van der Waals surface area contributed by atoms with E-state index in [-0.39, 0.29) is 10.7 Å². The fourth-order valence-electron chi connectivity index (χ4n) is 1.95. The molecule has 0 aromatic heterocycles. The second-order valence-corrected chi connectivity index (χ2v) is 8.20. The summed E-state index contributed by atoms with van der Waals surface area (Å²) >= 11 is 23.0. The fourth-order valence-corrected chi connectivity index (χ4v) is 2.51.